The molecule has 0 heterocycles. The normalized spacial score (nSPS) is 32.1. The Morgan fingerprint density at radius 1 is 1.45 bits per heavy atom. The lowest BCUT2D eigenvalue weighted by atomic mass is 9.60. The van der Waals surface area contributed by atoms with E-state index in [1.54, 1.807) is 7.11 Å². The molecule has 0 aliphatic heterocycles. The van der Waals surface area contributed by atoms with Gasteiger partial charge in [0.1, 0.15) is 5.75 Å². The minimum Gasteiger partial charge on any atom is -0.497 e. The summed E-state index contributed by atoms with van der Waals surface area (Å²) < 4.78 is 5.44. The first kappa shape index (κ1) is 13.7. The number of nitrogens with two attached hydrogens (primary N) is 1. The maximum absolute atomic E-state index is 6.72. The SMILES string of the molecule is C=CCC12CCCCC(Cc3ccc(OC)cc31)C2N. The van der Waals surface area contributed by atoms with E-state index in [2.05, 4.69) is 30.9 Å². The largest absolute Gasteiger partial charge is 0.497 e. The fourth-order valence-corrected chi connectivity index (χ4v) is 4.40. The van der Waals surface area contributed by atoms with Crippen LogP contribution in [0.2, 0.25) is 0 Å². The van der Waals surface area contributed by atoms with Gasteiger partial charge in [0.05, 0.1) is 7.11 Å². The van der Waals surface area contributed by atoms with Crippen molar-refractivity contribution in [2.24, 2.45) is 11.7 Å². The molecule has 1 fully saturated rings. The van der Waals surface area contributed by atoms with Crippen LogP contribution < -0.4 is 10.5 Å². The van der Waals surface area contributed by atoms with Gasteiger partial charge in [-0.3, -0.25) is 0 Å². The molecule has 108 valence electrons. The van der Waals surface area contributed by atoms with E-state index < -0.39 is 0 Å². The number of ether oxygens (including phenoxy) is 1. The van der Waals surface area contributed by atoms with Gasteiger partial charge >= 0.3 is 0 Å². The van der Waals surface area contributed by atoms with Crippen LogP contribution in [0.1, 0.15) is 43.2 Å². The quantitative estimate of drug-likeness (QED) is 0.853. The lowest BCUT2D eigenvalue weighted by molar-refractivity contribution is 0.236. The highest BCUT2D eigenvalue weighted by Gasteiger charge is 2.46. The van der Waals surface area contributed by atoms with E-state index >= 15 is 0 Å². The Morgan fingerprint density at radius 3 is 3.05 bits per heavy atom. The van der Waals surface area contributed by atoms with Crippen LogP contribution in [0.4, 0.5) is 0 Å². The second-order valence-electron chi connectivity index (χ2n) is 6.41. The first-order valence-corrected chi connectivity index (χ1v) is 7.75. The van der Waals surface area contributed by atoms with Crippen LogP contribution in [-0.4, -0.2) is 13.2 Å². The van der Waals surface area contributed by atoms with Gasteiger partial charge < -0.3 is 10.5 Å². The van der Waals surface area contributed by atoms with Crippen LogP contribution in [0.3, 0.4) is 0 Å². The third-order valence-electron chi connectivity index (χ3n) is 5.44. The Morgan fingerprint density at radius 2 is 2.30 bits per heavy atom. The molecule has 2 aliphatic carbocycles. The number of fused-ring (bicyclic) bond motifs is 4. The Bertz CT molecular complexity index is 510. The van der Waals surface area contributed by atoms with Gasteiger partial charge in [-0.05, 0) is 54.9 Å². The minimum absolute atomic E-state index is 0.0744. The number of rotatable bonds is 3. The smallest absolute Gasteiger partial charge is 0.119 e. The van der Waals surface area contributed by atoms with E-state index in [-0.39, 0.29) is 11.5 Å². The van der Waals surface area contributed by atoms with Gasteiger partial charge in [-0.25, -0.2) is 0 Å². The zero-order valence-corrected chi connectivity index (χ0v) is 12.4. The highest BCUT2D eigenvalue weighted by Crippen LogP contribution is 2.49. The van der Waals surface area contributed by atoms with Gasteiger partial charge in [-0.15, -0.1) is 6.58 Å². The molecular formula is C18H25NO. The molecule has 0 spiro atoms. The van der Waals surface area contributed by atoms with E-state index in [1.807, 2.05) is 0 Å². The predicted octanol–water partition coefficient (Wildman–Crippen LogP) is 3.58. The van der Waals surface area contributed by atoms with Crippen LogP contribution in [0.15, 0.2) is 30.9 Å². The number of hydrogen-bond acceptors (Lipinski definition) is 2. The molecule has 0 radical (unpaired) electrons. The maximum atomic E-state index is 6.72. The molecule has 20 heavy (non-hydrogen) atoms. The molecule has 3 unspecified atom stereocenters. The predicted molar refractivity (Wildman–Crippen MR) is 83.1 cm³/mol. The first-order chi connectivity index (χ1) is 9.71. The second kappa shape index (κ2) is 5.25. The van der Waals surface area contributed by atoms with Crippen molar-refractivity contribution in [3.05, 3.63) is 42.0 Å². The van der Waals surface area contributed by atoms with E-state index in [9.17, 15) is 0 Å². The Kier molecular flexibility index (Phi) is 3.59. The lowest BCUT2D eigenvalue weighted by Crippen LogP contribution is -2.52. The van der Waals surface area contributed by atoms with E-state index in [0.29, 0.717) is 5.92 Å². The van der Waals surface area contributed by atoms with Gasteiger partial charge in [0.2, 0.25) is 0 Å². The number of allylic oxidation sites excluding steroid dienone is 1. The average Bonchev–Trinajstić information content (AvgIpc) is 2.57. The summed E-state index contributed by atoms with van der Waals surface area (Å²) in [6.07, 6.45) is 9.18. The summed E-state index contributed by atoms with van der Waals surface area (Å²) in [5.41, 5.74) is 9.69. The third-order valence-corrected chi connectivity index (χ3v) is 5.44. The second-order valence-corrected chi connectivity index (χ2v) is 6.41. The molecular weight excluding hydrogens is 246 g/mol. The molecule has 1 aromatic rings. The molecule has 2 N–H and O–H groups in total. The molecule has 0 saturated heterocycles. The highest BCUT2D eigenvalue weighted by atomic mass is 16.5. The average molecular weight is 271 g/mol. The van der Waals surface area contributed by atoms with E-state index in [1.165, 1.54) is 36.8 Å². The maximum Gasteiger partial charge on any atom is 0.119 e. The van der Waals surface area contributed by atoms with Gasteiger partial charge in [-0.1, -0.05) is 25.0 Å². The molecule has 1 saturated carbocycles. The monoisotopic (exact) mass is 271 g/mol. The fraction of sp³-hybridized carbons (Fsp3) is 0.556. The summed E-state index contributed by atoms with van der Waals surface area (Å²) in [5, 5.41) is 0. The van der Waals surface area contributed by atoms with Crippen LogP contribution in [0.5, 0.6) is 5.75 Å². The van der Waals surface area contributed by atoms with Crippen LogP contribution >= 0.6 is 0 Å². The van der Waals surface area contributed by atoms with Crippen molar-refractivity contribution in [1.82, 2.24) is 0 Å². The zero-order chi connectivity index (χ0) is 14.2. The lowest BCUT2D eigenvalue weighted by Gasteiger charge is -2.46. The molecule has 0 amide bonds. The third kappa shape index (κ3) is 1.98. The van der Waals surface area contributed by atoms with Gasteiger partial charge in [0.25, 0.3) is 0 Å². The van der Waals surface area contributed by atoms with Gasteiger partial charge in [0, 0.05) is 11.5 Å². The summed E-state index contributed by atoms with van der Waals surface area (Å²) in [6.45, 7) is 3.99. The summed E-state index contributed by atoms with van der Waals surface area (Å²) in [6, 6.07) is 6.81. The first-order valence-electron chi connectivity index (χ1n) is 7.75. The highest BCUT2D eigenvalue weighted by molar-refractivity contribution is 5.45. The molecule has 2 aliphatic rings. The van der Waals surface area contributed by atoms with Gasteiger partial charge in [0.15, 0.2) is 0 Å². The summed E-state index contributed by atoms with van der Waals surface area (Å²) in [4.78, 5) is 0. The molecule has 2 heteroatoms. The number of methoxy groups -OCH3 is 1. The van der Waals surface area contributed by atoms with Crippen molar-refractivity contribution in [3.8, 4) is 5.75 Å². The molecule has 2 nitrogen and oxygen atoms in total. The fourth-order valence-electron chi connectivity index (χ4n) is 4.40. The number of hydrogen-bond donors (Lipinski definition) is 1. The summed E-state index contributed by atoms with van der Waals surface area (Å²) >= 11 is 0. The van der Waals surface area contributed by atoms with Crippen LogP contribution in [-0.2, 0) is 11.8 Å². The molecule has 1 aromatic carbocycles. The van der Waals surface area contributed by atoms with Crippen LogP contribution in [0.25, 0.3) is 0 Å². The Balaban J connectivity index is 2.16. The number of benzene rings is 1. The van der Waals surface area contributed by atoms with Crippen molar-refractivity contribution in [2.45, 2.75) is 50.0 Å². The minimum atomic E-state index is 0.0744. The van der Waals surface area contributed by atoms with Gasteiger partial charge in [-0.2, -0.15) is 0 Å². The van der Waals surface area contributed by atoms with Crippen LogP contribution in [0, 0.1) is 5.92 Å². The molecule has 2 bridgehead atoms. The summed E-state index contributed by atoms with van der Waals surface area (Å²) in [7, 11) is 1.74. The standard InChI is InChI=1S/C18H25NO/c1-3-9-18-10-5-4-6-14(17(18)19)11-13-7-8-15(20-2)12-16(13)18/h3,7-8,12,14,17H,1,4-6,9-11,19H2,2H3. The van der Waals surface area contributed by atoms with Crippen molar-refractivity contribution < 1.29 is 4.74 Å². The van der Waals surface area contributed by atoms with Crippen molar-refractivity contribution in [3.63, 3.8) is 0 Å². The van der Waals surface area contributed by atoms with E-state index in [0.717, 1.165) is 18.6 Å². The molecule has 3 atom stereocenters. The van der Waals surface area contributed by atoms with Crippen molar-refractivity contribution in [1.29, 1.82) is 0 Å². The van der Waals surface area contributed by atoms with Crippen molar-refractivity contribution >= 4 is 0 Å². The Hall–Kier alpha value is -1.28. The topological polar surface area (TPSA) is 35.2 Å². The summed E-state index contributed by atoms with van der Waals surface area (Å²) in [5.74, 6) is 1.57. The zero-order valence-electron chi connectivity index (χ0n) is 12.4. The van der Waals surface area contributed by atoms with E-state index in [4.69, 9.17) is 10.5 Å². The molecule has 0 aromatic heterocycles. The van der Waals surface area contributed by atoms with Crippen molar-refractivity contribution in [2.75, 3.05) is 7.11 Å². The Labute approximate surface area is 122 Å². The molecule has 3 rings (SSSR count).